The van der Waals surface area contributed by atoms with Gasteiger partial charge in [0.25, 0.3) is 0 Å². The van der Waals surface area contributed by atoms with Gasteiger partial charge >= 0.3 is 0 Å². The number of hydrogen-bond donors (Lipinski definition) is 1. The number of halogens is 2. The second-order valence-electron chi connectivity index (χ2n) is 4.87. The molecule has 0 saturated carbocycles. The lowest BCUT2D eigenvalue weighted by Gasteiger charge is -2.26. The summed E-state index contributed by atoms with van der Waals surface area (Å²) in [7, 11) is 0. The largest absolute Gasteiger partial charge is 1.00 e. The second-order valence-corrected chi connectivity index (χ2v) is 4.87. The van der Waals surface area contributed by atoms with Crippen molar-refractivity contribution >= 4 is 0 Å². The van der Waals surface area contributed by atoms with E-state index in [2.05, 4.69) is 28.9 Å². The number of ether oxygens (including phenoxy) is 2. The van der Waals surface area contributed by atoms with Gasteiger partial charge in [-0.3, -0.25) is 4.90 Å². The number of morpholine rings is 1. The van der Waals surface area contributed by atoms with E-state index in [9.17, 15) is 0 Å². The van der Waals surface area contributed by atoms with Crippen LogP contribution in [-0.4, -0.2) is 50.9 Å². The van der Waals surface area contributed by atoms with Crippen molar-refractivity contribution in [3.63, 3.8) is 0 Å². The zero-order chi connectivity index (χ0) is 14.0. The smallest absolute Gasteiger partial charge is 0.119 e. The molecule has 1 heterocycles. The minimum absolute atomic E-state index is 0. The maximum atomic E-state index is 5.46. The third kappa shape index (κ3) is 8.01. The number of nitrogens with zero attached hydrogens (tertiary/aromatic N) is 1. The molecule has 0 spiro atoms. The monoisotopic (exact) mass is 346 g/mol. The molecular weight excluding hydrogens is 323 g/mol. The van der Waals surface area contributed by atoms with Gasteiger partial charge in [0.15, 0.2) is 0 Å². The highest BCUT2D eigenvalue weighted by molar-refractivity contribution is 5.27. The summed E-state index contributed by atoms with van der Waals surface area (Å²) in [5.74, 6) is 0.891. The van der Waals surface area contributed by atoms with E-state index in [1.807, 2.05) is 12.1 Å². The Morgan fingerprint density at radius 1 is 1.18 bits per heavy atom. The van der Waals surface area contributed by atoms with Gasteiger partial charge in [-0.1, -0.05) is 24.8 Å². The van der Waals surface area contributed by atoms with E-state index >= 15 is 0 Å². The Balaban J connectivity index is 0.00000220. The summed E-state index contributed by atoms with van der Waals surface area (Å²) in [5.41, 5.74) is 1.28. The SMILES string of the molecule is C=CCOc1ccc(CNCCN2CCOCC2)cc1.[Cl-].[Cl-]. The lowest BCUT2D eigenvalue weighted by Crippen LogP contribution is -3.00. The van der Waals surface area contributed by atoms with Crippen molar-refractivity contribution in [1.82, 2.24) is 10.2 Å². The van der Waals surface area contributed by atoms with Gasteiger partial charge in [0, 0.05) is 32.7 Å². The molecule has 0 radical (unpaired) electrons. The third-order valence-electron chi connectivity index (χ3n) is 3.33. The first-order valence-electron chi connectivity index (χ1n) is 7.22. The molecule has 1 aromatic rings. The zero-order valence-corrected chi connectivity index (χ0v) is 14.3. The van der Waals surface area contributed by atoms with Crippen LogP contribution in [0.1, 0.15) is 5.56 Å². The van der Waals surface area contributed by atoms with Gasteiger partial charge in [-0.25, -0.2) is 0 Å². The molecule has 1 aliphatic rings. The van der Waals surface area contributed by atoms with Gasteiger partial charge < -0.3 is 39.6 Å². The fourth-order valence-corrected chi connectivity index (χ4v) is 2.15. The quantitative estimate of drug-likeness (QED) is 0.381. The predicted molar refractivity (Wildman–Crippen MR) is 81.1 cm³/mol. The Labute approximate surface area is 145 Å². The maximum absolute atomic E-state index is 5.46. The third-order valence-corrected chi connectivity index (χ3v) is 3.33. The van der Waals surface area contributed by atoms with Crippen LogP contribution >= 0.6 is 0 Å². The van der Waals surface area contributed by atoms with Crippen LogP contribution in [0.15, 0.2) is 36.9 Å². The van der Waals surface area contributed by atoms with E-state index < -0.39 is 0 Å². The van der Waals surface area contributed by atoms with E-state index in [0.717, 1.165) is 51.7 Å². The van der Waals surface area contributed by atoms with Crippen LogP contribution in [0.4, 0.5) is 0 Å². The fraction of sp³-hybridized carbons (Fsp3) is 0.500. The molecule has 1 N–H and O–H groups in total. The molecule has 0 amide bonds. The van der Waals surface area contributed by atoms with Crippen LogP contribution in [0.25, 0.3) is 0 Å². The van der Waals surface area contributed by atoms with Crippen molar-refractivity contribution < 1.29 is 34.3 Å². The predicted octanol–water partition coefficient (Wildman–Crippen LogP) is -4.32. The normalized spacial score (nSPS) is 14.5. The van der Waals surface area contributed by atoms with E-state index in [-0.39, 0.29) is 24.8 Å². The molecule has 1 aromatic carbocycles. The number of nitrogens with one attached hydrogen (secondary N) is 1. The van der Waals surface area contributed by atoms with Crippen LogP contribution < -0.4 is 34.9 Å². The van der Waals surface area contributed by atoms with Crippen LogP contribution in [0.3, 0.4) is 0 Å². The van der Waals surface area contributed by atoms with Crippen LogP contribution in [0.2, 0.25) is 0 Å². The molecule has 1 saturated heterocycles. The number of rotatable bonds is 8. The van der Waals surface area contributed by atoms with Crippen molar-refractivity contribution in [2.24, 2.45) is 0 Å². The molecular formula is C16H24Cl2N2O2-2. The van der Waals surface area contributed by atoms with Gasteiger partial charge in [-0.2, -0.15) is 0 Å². The summed E-state index contributed by atoms with van der Waals surface area (Å²) in [6.45, 7) is 11.0. The minimum atomic E-state index is 0. The Bertz CT molecular complexity index is 396. The zero-order valence-electron chi connectivity index (χ0n) is 12.8. The standard InChI is InChI=1S/C16H24N2O2.2ClH/c1-2-11-20-16-5-3-15(4-6-16)14-17-7-8-18-9-12-19-13-10-18;;/h2-6,17H,1,7-14H2;2*1H/p-2. The number of hydrogen-bond acceptors (Lipinski definition) is 4. The first kappa shape index (κ1) is 21.2. The first-order valence-corrected chi connectivity index (χ1v) is 7.22. The van der Waals surface area contributed by atoms with Gasteiger partial charge in [0.1, 0.15) is 12.4 Å². The van der Waals surface area contributed by atoms with Gasteiger partial charge in [-0.05, 0) is 17.7 Å². The van der Waals surface area contributed by atoms with Crippen molar-refractivity contribution in [3.05, 3.63) is 42.5 Å². The van der Waals surface area contributed by atoms with Crippen molar-refractivity contribution in [2.45, 2.75) is 6.54 Å². The average molecular weight is 347 g/mol. The summed E-state index contributed by atoms with van der Waals surface area (Å²) in [6.07, 6.45) is 1.75. The molecule has 1 aliphatic heterocycles. The summed E-state index contributed by atoms with van der Waals surface area (Å²) < 4.78 is 10.8. The molecule has 0 aliphatic carbocycles. The summed E-state index contributed by atoms with van der Waals surface area (Å²) >= 11 is 0. The molecule has 0 unspecified atom stereocenters. The summed E-state index contributed by atoms with van der Waals surface area (Å²) in [4.78, 5) is 2.43. The van der Waals surface area contributed by atoms with Crippen molar-refractivity contribution in [1.29, 1.82) is 0 Å². The lowest BCUT2D eigenvalue weighted by atomic mass is 10.2. The topological polar surface area (TPSA) is 33.7 Å². The molecule has 2 rings (SSSR count). The highest BCUT2D eigenvalue weighted by Crippen LogP contribution is 2.11. The van der Waals surface area contributed by atoms with E-state index in [4.69, 9.17) is 9.47 Å². The molecule has 0 aromatic heterocycles. The second kappa shape index (κ2) is 12.7. The first-order chi connectivity index (χ1) is 9.88. The molecule has 22 heavy (non-hydrogen) atoms. The van der Waals surface area contributed by atoms with Crippen molar-refractivity contribution in [3.8, 4) is 5.75 Å². The molecule has 0 bridgehead atoms. The molecule has 4 nitrogen and oxygen atoms in total. The van der Waals surface area contributed by atoms with Gasteiger partial charge in [0.2, 0.25) is 0 Å². The summed E-state index contributed by atoms with van der Waals surface area (Å²) in [6, 6.07) is 8.20. The Morgan fingerprint density at radius 3 is 2.50 bits per heavy atom. The van der Waals surface area contributed by atoms with Crippen LogP contribution in [-0.2, 0) is 11.3 Å². The highest BCUT2D eigenvalue weighted by atomic mass is 35.5. The van der Waals surface area contributed by atoms with Gasteiger partial charge in [0.05, 0.1) is 13.2 Å². The van der Waals surface area contributed by atoms with E-state index in [1.165, 1.54) is 5.56 Å². The average Bonchev–Trinajstić information content (AvgIpc) is 2.52. The van der Waals surface area contributed by atoms with Crippen molar-refractivity contribution in [2.75, 3.05) is 46.0 Å². The molecule has 6 heteroatoms. The maximum Gasteiger partial charge on any atom is 0.119 e. The molecule has 1 fully saturated rings. The lowest BCUT2D eigenvalue weighted by molar-refractivity contribution is -0.00100. The van der Waals surface area contributed by atoms with E-state index in [0.29, 0.717) is 6.61 Å². The van der Waals surface area contributed by atoms with E-state index in [1.54, 1.807) is 6.08 Å². The highest BCUT2D eigenvalue weighted by Gasteiger charge is 2.08. The molecule has 0 atom stereocenters. The van der Waals surface area contributed by atoms with Crippen LogP contribution in [0, 0.1) is 0 Å². The molecule has 126 valence electrons. The Hall–Kier alpha value is -0.780. The number of benzene rings is 1. The Kier molecular flexibility index (Phi) is 12.3. The minimum Gasteiger partial charge on any atom is -1.00 e. The summed E-state index contributed by atoms with van der Waals surface area (Å²) in [5, 5.41) is 3.47. The Morgan fingerprint density at radius 2 is 1.86 bits per heavy atom. The van der Waals surface area contributed by atoms with Crippen LogP contribution in [0.5, 0.6) is 5.75 Å². The fourth-order valence-electron chi connectivity index (χ4n) is 2.15. The van der Waals surface area contributed by atoms with Gasteiger partial charge in [-0.15, -0.1) is 0 Å².